The molecule has 0 aromatic carbocycles. The van der Waals surface area contributed by atoms with Gasteiger partial charge in [0.05, 0.1) is 11.0 Å². The average molecular weight is 216 g/mol. The molecule has 2 aromatic heterocycles. The fourth-order valence-electron chi connectivity index (χ4n) is 1.93. The van der Waals surface area contributed by atoms with Gasteiger partial charge in [-0.05, 0) is 44.4 Å². The molecule has 0 radical (unpaired) electrons. The third kappa shape index (κ3) is 1.84. The lowest BCUT2D eigenvalue weighted by atomic mass is 10.0. The summed E-state index contributed by atoms with van der Waals surface area (Å²) >= 11 is 0. The van der Waals surface area contributed by atoms with E-state index >= 15 is 0 Å². The quantitative estimate of drug-likeness (QED) is 0.706. The summed E-state index contributed by atoms with van der Waals surface area (Å²) in [5.41, 5.74) is 3.73. The Morgan fingerprint density at radius 2 is 1.94 bits per heavy atom. The highest BCUT2D eigenvalue weighted by molar-refractivity contribution is 5.76. The topological polar surface area (TPSA) is 17.8 Å². The van der Waals surface area contributed by atoms with Crippen molar-refractivity contribution in [2.45, 2.75) is 46.1 Å². The van der Waals surface area contributed by atoms with Crippen LogP contribution in [0.4, 0.5) is 0 Å². The SMILES string of the molecule is CC(C)c1cnc2ccn(C(C)(C)C)c2c1. The first kappa shape index (κ1) is 11.2. The number of hydrogen-bond donors (Lipinski definition) is 0. The predicted molar refractivity (Wildman–Crippen MR) is 68.8 cm³/mol. The molecule has 0 saturated carbocycles. The van der Waals surface area contributed by atoms with Crippen LogP contribution in [-0.2, 0) is 5.54 Å². The van der Waals surface area contributed by atoms with E-state index < -0.39 is 0 Å². The molecule has 2 rings (SSSR count). The van der Waals surface area contributed by atoms with Gasteiger partial charge >= 0.3 is 0 Å². The van der Waals surface area contributed by atoms with Crippen LogP contribution in [-0.4, -0.2) is 9.55 Å². The van der Waals surface area contributed by atoms with Gasteiger partial charge in [-0.2, -0.15) is 0 Å². The lowest BCUT2D eigenvalue weighted by Crippen LogP contribution is -2.20. The van der Waals surface area contributed by atoms with E-state index in [2.05, 4.69) is 62.5 Å². The van der Waals surface area contributed by atoms with Crippen LogP contribution in [0.3, 0.4) is 0 Å². The van der Waals surface area contributed by atoms with Gasteiger partial charge in [-0.25, -0.2) is 0 Å². The number of fused-ring (bicyclic) bond motifs is 1. The minimum Gasteiger partial charge on any atom is -0.341 e. The number of rotatable bonds is 1. The molecule has 0 amide bonds. The average Bonchev–Trinajstić information content (AvgIpc) is 2.58. The maximum Gasteiger partial charge on any atom is 0.0881 e. The molecule has 0 N–H and O–H groups in total. The van der Waals surface area contributed by atoms with Crippen LogP contribution in [0.15, 0.2) is 24.5 Å². The van der Waals surface area contributed by atoms with E-state index in [9.17, 15) is 0 Å². The highest BCUT2D eigenvalue weighted by Crippen LogP contribution is 2.25. The van der Waals surface area contributed by atoms with Gasteiger partial charge in [-0.3, -0.25) is 4.98 Å². The Balaban J connectivity index is 2.65. The number of hydrogen-bond acceptors (Lipinski definition) is 1. The molecule has 0 atom stereocenters. The molecule has 2 heteroatoms. The molecule has 0 fully saturated rings. The van der Waals surface area contributed by atoms with Crippen molar-refractivity contribution in [1.82, 2.24) is 9.55 Å². The summed E-state index contributed by atoms with van der Waals surface area (Å²) in [6.07, 6.45) is 4.11. The second-order valence-corrected chi connectivity index (χ2v) is 5.68. The van der Waals surface area contributed by atoms with Crippen LogP contribution in [0, 0.1) is 0 Å². The molecule has 86 valence electrons. The van der Waals surface area contributed by atoms with E-state index in [0.717, 1.165) is 5.52 Å². The van der Waals surface area contributed by atoms with E-state index in [0.29, 0.717) is 5.92 Å². The van der Waals surface area contributed by atoms with Gasteiger partial charge in [-0.15, -0.1) is 0 Å². The maximum absolute atomic E-state index is 4.52. The van der Waals surface area contributed by atoms with Crippen molar-refractivity contribution >= 4 is 11.0 Å². The van der Waals surface area contributed by atoms with Crippen molar-refractivity contribution in [3.63, 3.8) is 0 Å². The molecule has 0 aliphatic heterocycles. The van der Waals surface area contributed by atoms with Gasteiger partial charge in [0.1, 0.15) is 0 Å². The Kier molecular flexibility index (Phi) is 2.53. The third-order valence-corrected chi connectivity index (χ3v) is 2.95. The van der Waals surface area contributed by atoms with Crippen LogP contribution in [0.1, 0.15) is 46.1 Å². The molecule has 0 bridgehead atoms. The summed E-state index contributed by atoms with van der Waals surface area (Å²) in [6.45, 7) is 11.1. The fraction of sp³-hybridized carbons (Fsp3) is 0.500. The number of aromatic nitrogens is 2. The summed E-state index contributed by atoms with van der Waals surface area (Å²) in [5, 5.41) is 0. The van der Waals surface area contributed by atoms with E-state index in [1.807, 2.05) is 6.20 Å². The largest absolute Gasteiger partial charge is 0.341 e. The van der Waals surface area contributed by atoms with Crippen LogP contribution in [0.5, 0.6) is 0 Å². The first-order chi connectivity index (χ1) is 7.39. The third-order valence-electron chi connectivity index (χ3n) is 2.95. The molecular formula is C14H20N2. The van der Waals surface area contributed by atoms with E-state index in [-0.39, 0.29) is 5.54 Å². The summed E-state index contributed by atoms with van der Waals surface area (Å²) < 4.78 is 2.29. The predicted octanol–water partition coefficient (Wildman–Crippen LogP) is 3.91. The molecule has 0 spiro atoms. The van der Waals surface area contributed by atoms with E-state index in [4.69, 9.17) is 0 Å². The van der Waals surface area contributed by atoms with Crippen LogP contribution in [0.2, 0.25) is 0 Å². The molecule has 16 heavy (non-hydrogen) atoms. The van der Waals surface area contributed by atoms with Crippen LogP contribution >= 0.6 is 0 Å². The second-order valence-electron chi connectivity index (χ2n) is 5.68. The molecular weight excluding hydrogens is 196 g/mol. The summed E-state index contributed by atoms with van der Waals surface area (Å²) in [7, 11) is 0. The van der Waals surface area contributed by atoms with Crippen LogP contribution < -0.4 is 0 Å². The summed E-state index contributed by atoms with van der Waals surface area (Å²) in [6, 6.07) is 4.35. The first-order valence-electron chi connectivity index (χ1n) is 5.87. The molecule has 0 aliphatic carbocycles. The Bertz CT molecular complexity index is 501. The molecule has 0 saturated heterocycles. The van der Waals surface area contributed by atoms with Crippen molar-refractivity contribution in [2.75, 3.05) is 0 Å². The zero-order chi connectivity index (χ0) is 11.9. The molecule has 0 aliphatic rings. The summed E-state index contributed by atoms with van der Waals surface area (Å²) in [4.78, 5) is 4.52. The number of nitrogens with zero attached hydrogens (tertiary/aromatic N) is 2. The molecule has 0 unspecified atom stereocenters. The van der Waals surface area contributed by atoms with Crippen molar-refractivity contribution in [3.05, 3.63) is 30.1 Å². The lowest BCUT2D eigenvalue weighted by molar-refractivity contribution is 0.411. The minimum atomic E-state index is 0.110. The first-order valence-corrected chi connectivity index (χ1v) is 5.87. The molecule has 2 heterocycles. The Morgan fingerprint density at radius 1 is 1.25 bits per heavy atom. The minimum absolute atomic E-state index is 0.110. The highest BCUT2D eigenvalue weighted by Gasteiger charge is 2.16. The Morgan fingerprint density at radius 3 is 2.50 bits per heavy atom. The molecule has 2 aromatic rings. The van der Waals surface area contributed by atoms with Gasteiger partial charge in [0, 0.05) is 17.9 Å². The fourth-order valence-corrected chi connectivity index (χ4v) is 1.93. The van der Waals surface area contributed by atoms with Crippen molar-refractivity contribution in [2.24, 2.45) is 0 Å². The maximum atomic E-state index is 4.52. The van der Waals surface area contributed by atoms with Crippen molar-refractivity contribution in [3.8, 4) is 0 Å². The normalized spacial score (nSPS) is 12.6. The Labute approximate surface area is 97.3 Å². The highest BCUT2D eigenvalue weighted by atomic mass is 15.0. The molecule has 2 nitrogen and oxygen atoms in total. The van der Waals surface area contributed by atoms with Crippen molar-refractivity contribution < 1.29 is 0 Å². The standard InChI is InChI=1S/C14H20N2/c1-10(2)11-8-13-12(15-9-11)6-7-16(13)14(3,4)5/h6-10H,1-5H3. The van der Waals surface area contributed by atoms with E-state index in [1.54, 1.807) is 0 Å². The van der Waals surface area contributed by atoms with Gasteiger partial charge < -0.3 is 4.57 Å². The zero-order valence-corrected chi connectivity index (χ0v) is 10.8. The lowest BCUT2D eigenvalue weighted by Gasteiger charge is -2.22. The smallest absolute Gasteiger partial charge is 0.0881 e. The zero-order valence-electron chi connectivity index (χ0n) is 10.8. The second kappa shape index (κ2) is 3.62. The number of pyridine rings is 1. The Hall–Kier alpha value is -1.31. The van der Waals surface area contributed by atoms with Crippen LogP contribution in [0.25, 0.3) is 11.0 Å². The van der Waals surface area contributed by atoms with Gasteiger partial charge in [0.15, 0.2) is 0 Å². The van der Waals surface area contributed by atoms with Gasteiger partial charge in [-0.1, -0.05) is 13.8 Å². The van der Waals surface area contributed by atoms with Gasteiger partial charge in [0.2, 0.25) is 0 Å². The van der Waals surface area contributed by atoms with E-state index in [1.165, 1.54) is 11.1 Å². The monoisotopic (exact) mass is 216 g/mol. The van der Waals surface area contributed by atoms with Gasteiger partial charge in [0.25, 0.3) is 0 Å². The van der Waals surface area contributed by atoms with Crippen molar-refractivity contribution in [1.29, 1.82) is 0 Å². The summed E-state index contributed by atoms with van der Waals surface area (Å²) in [5.74, 6) is 0.528.